The monoisotopic (exact) mass is 214 g/mol. The zero-order chi connectivity index (χ0) is 11.4. The van der Waals surface area contributed by atoms with Gasteiger partial charge in [-0.2, -0.15) is 0 Å². The lowest BCUT2D eigenvalue weighted by atomic mass is 10.1. The Morgan fingerprint density at radius 2 is 2.12 bits per heavy atom. The molecule has 0 aliphatic carbocycles. The summed E-state index contributed by atoms with van der Waals surface area (Å²) in [6.45, 7) is 2.82. The number of rotatable bonds is 4. The Morgan fingerprint density at radius 1 is 1.38 bits per heavy atom. The largest absolute Gasteiger partial charge is 0.345 e. The minimum absolute atomic E-state index is 0.799. The van der Waals surface area contributed by atoms with E-state index in [0.717, 1.165) is 23.5 Å². The third kappa shape index (κ3) is 1.95. The summed E-state index contributed by atoms with van der Waals surface area (Å²) >= 11 is 0. The molecule has 0 unspecified atom stereocenters. The maximum absolute atomic E-state index is 7.28. The Morgan fingerprint density at radius 3 is 2.62 bits per heavy atom. The molecule has 0 spiro atoms. The van der Waals surface area contributed by atoms with Crippen molar-refractivity contribution < 1.29 is 0 Å². The van der Waals surface area contributed by atoms with Crippen LogP contribution in [0.5, 0.6) is 0 Å². The second-order valence-corrected chi connectivity index (χ2v) is 3.43. The van der Waals surface area contributed by atoms with Gasteiger partial charge in [-0.3, -0.25) is 5.41 Å². The highest BCUT2D eigenvalue weighted by atomic mass is 15.1. The van der Waals surface area contributed by atoms with Crippen molar-refractivity contribution in [1.29, 1.82) is 5.41 Å². The quantitative estimate of drug-likeness (QED) is 0.607. The molecule has 0 bridgehead atoms. The van der Waals surface area contributed by atoms with Crippen LogP contribution in [0.3, 0.4) is 0 Å². The summed E-state index contributed by atoms with van der Waals surface area (Å²) in [5, 5.41) is 7.28. The first kappa shape index (κ1) is 10.4. The van der Waals surface area contributed by atoms with Gasteiger partial charge in [-0.25, -0.2) is 4.98 Å². The van der Waals surface area contributed by atoms with Crippen molar-refractivity contribution in [2.75, 3.05) is 11.4 Å². The number of hydrogen-bond donors (Lipinski definition) is 2. The lowest BCUT2D eigenvalue weighted by molar-refractivity contribution is 1.07. The first-order chi connectivity index (χ1) is 7.85. The molecular weight excluding hydrogens is 200 g/mol. The van der Waals surface area contributed by atoms with Gasteiger partial charge in [-0.05, 0) is 24.6 Å². The van der Waals surface area contributed by atoms with Crippen molar-refractivity contribution in [1.82, 2.24) is 9.97 Å². The van der Waals surface area contributed by atoms with Crippen LogP contribution >= 0.6 is 0 Å². The summed E-state index contributed by atoms with van der Waals surface area (Å²) in [6.07, 6.45) is 4.80. The fourth-order valence-electron chi connectivity index (χ4n) is 1.59. The molecular formula is C12H14N4. The van der Waals surface area contributed by atoms with E-state index in [-0.39, 0.29) is 0 Å². The van der Waals surface area contributed by atoms with E-state index in [9.17, 15) is 0 Å². The third-order valence-corrected chi connectivity index (χ3v) is 2.50. The topological polar surface area (TPSA) is 55.8 Å². The van der Waals surface area contributed by atoms with Crippen LogP contribution in [0.4, 0.5) is 5.69 Å². The van der Waals surface area contributed by atoms with Crippen molar-refractivity contribution in [3.63, 3.8) is 0 Å². The molecule has 2 rings (SSSR count). The van der Waals surface area contributed by atoms with Crippen molar-refractivity contribution in [3.8, 4) is 11.3 Å². The molecule has 0 fully saturated rings. The summed E-state index contributed by atoms with van der Waals surface area (Å²) in [4.78, 5) is 8.92. The Bertz CT molecular complexity index is 444. The minimum Gasteiger partial charge on any atom is -0.345 e. The van der Waals surface area contributed by atoms with Crippen molar-refractivity contribution in [2.45, 2.75) is 6.92 Å². The van der Waals surface area contributed by atoms with Crippen LogP contribution in [0.25, 0.3) is 11.3 Å². The summed E-state index contributed by atoms with van der Waals surface area (Å²) in [5.74, 6) is 0. The first-order valence-electron chi connectivity index (χ1n) is 5.21. The first-order valence-corrected chi connectivity index (χ1v) is 5.21. The van der Waals surface area contributed by atoms with Gasteiger partial charge >= 0.3 is 0 Å². The van der Waals surface area contributed by atoms with E-state index in [1.165, 1.54) is 6.34 Å². The molecule has 0 radical (unpaired) electrons. The van der Waals surface area contributed by atoms with E-state index in [4.69, 9.17) is 5.41 Å². The molecule has 0 atom stereocenters. The average Bonchev–Trinajstić information content (AvgIpc) is 2.85. The number of nitrogens with one attached hydrogen (secondary N) is 2. The maximum atomic E-state index is 7.28. The SMILES string of the molecule is CCN(C=N)c1ccc(-c2cnc[nH]2)cc1. The molecule has 4 nitrogen and oxygen atoms in total. The van der Waals surface area contributed by atoms with Crippen molar-refractivity contribution in [3.05, 3.63) is 36.8 Å². The Kier molecular flexibility index (Phi) is 3.00. The number of benzene rings is 1. The molecule has 1 heterocycles. The van der Waals surface area contributed by atoms with Gasteiger partial charge in [-0.15, -0.1) is 0 Å². The van der Waals surface area contributed by atoms with Crippen LogP contribution in [0, 0.1) is 5.41 Å². The third-order valence-electron chi connectivity index (χ3n) is 2.50. The lowest BCUT2D eigenvalue weighted by Gasteiger charge is -2.16. The van der Waals surface area contributed by atoms with Gasteiger partial charge in [0.2, 0.25) is 0 Å². The highest BCUT2D eigenvalue weighted by molar-refractivity contribution is 5.77. The highest BCUT2D eigenvalue weighted by Crippen LogP contribution is 2.20. The average molecular weight is 214 g/mol. The van der Waals surface area contributed by atoms with E-state index in [1.807, 2.05) is 36.1 Å². The van der Waals surface area contributed by atoms with Crippen molar-refractivity contribution in [2.24, 2.45) is 0 Å². The molecule has 1 aromatic carbocycles. The summed E-state index contributed by atoms with van der Waals surface area (Å²) in [6, 6.07) is 8.06. The van der Waals surface area contributed by atoms with E-state index in [1.54, 1.807) is 12.5 Å². The van der Waals surface area contributed by atoms with Crippen molar-refractivity contribution >= 4 is 12.0 Å². The van der Waals surface area contributed by atoms with Crippen LogP contribution in [-0.4, -0.2) is 22.9 Å². The number of nitrogens with zero attached hydrogens (tertiary/aromatic N) is 2. The normalized spacial score (nSPS) is 10.1. The van der Waals surface area contributed by atoms with E-state index in [2.05, 4.69) is 9.97 Å². The molecule has 2 aromatic rings. The fraction of sp³-hybridized carbons (Fsp3) is 0.167. The zero-order valence-electron chi connectivity index (χ0n) is 9.14. The van der Waals surface area contributed by atoms with Gasteiger partial charge in [0.15, 0.2) is 0 Å². The lowest BCUT2D eigenvalue weighted by Crippen LogP contribution is -2.19. The highest BCUT2D eigenvalue weighted by Gasteiger charge is 2.02. The van der Waals surface area contributed by atoms with Gasteiger partial charge in [0.05, 0.1) is 24.6 Å². The molecule has 0 amide bonds. The number of hydrogen-bond acceptors (Lipinski definition) is 2. The summed E-state index contributed by atoms with van der Waals surface area (Å²) in [7, 11) is 0. The fourth-order valence-corrected chi connectivity index (χ4v) is 1.59. The summed E-state index contributed by atoms with van der Waals surface area (Å²) < 4.78 is 0. The Hall–Kier alpha value is -2.10. The van der Waals surface area contributed by atoms with E-state index >= 15 is 0 Å². The molecule has 2 N–H and O–H groups in total. The molecule has 16 heavy (non-hydrogen) atoms. The standard InChI is InChI=1S/C12H14N4/c1-2-16(8-13)11-5-3-10(4-6-11)12-7-14-9-15-12/h3-9,13H,2H2,1H3,(H,14,15). The second kappa shape index (κ2) is 4.61. The van der Waals surface area contributed by atoms with E-state index in [0.29, 0.717) is 0 Å². The van der Waals surface area contributed by atoms with Gasteiger partial charge in [0, 0.05) is 12.2 Å². The van der Waals surface area contributed by atoms with Crippen LogP contribution in [0.15, 0.2) is 36.8 Å². The predicted molar refractivity (Wildman–Crippen MR) is 65.8 cm³/mol. The number of imidazole rings is 1. The maximum Gasteiger partial charge on any atom is 0.0924 e. The molecule has 82 valence electrons. The second-order valence-electron chi connectivity index (χ2n) is 3.43. The van der Waals surface area contributed by atoms with Gasteiger partial charge in [-0.1, -0.05) is 12.1 Å². The Balaban J connectivity index is 2.26. The van der Waals surface area contributed by atoms with Gasteiger partial charge < -0.3 is 9.88 Å². The molecule has 0 saturated heterocycles. The molecule has 4 heteroatoms. The van der Waals surface area contributed by atoms with Crippen LogP contribution < -0.4 is 4.90 Å². The Labute approximate surface area is 94.5 Å². The number of aromatic amines is 1. The van der Waals surface area contributed by atoms with Gasteiger partial charge in [0.1, 0.15) is 0 Å². The zero-order valence-corrected chi connectivity index (χ0v) is 9.14. The molecule has 0 aliphatic heterocycles. The minimum atomic E-state index is 0.799. The van der Waals surface area contributed by atoms with E-state index < -0.39 is 0 Å². The number of anilines is 1. The number of H-pyrrole nitrogens is 1. The molecule has 0 saturated carbocycles. The molecule has 1 aromatic heterocycles. The van der Waals surface area contributed by atoms with Crippen LogP contribution in [0.2, 0.25) is 0 Å². The number of aromatic nitrogens is 2. The summed E-state index contributed by atoms with van der Waals surface area (Å²) in [5.41, 5.74) is 3.13. The smallest absolute Gasteiger partial charge is 0.0924 e. The van der Waals surface area contributed by atoms with Crippen LogP contribution in [-0.2, 0) is 0 Å². The predicted octanol–water partition coefficient (Wildman–Crippen LogP) is 2.51. The molecule has 0 aliphatic rings. The van der Waals surface area contributed by atoms with Gasteiger partial charge in [0.25, 0.3) is 0 Å². The van der Waals surface area contributed by atoms with Crippen LogP contribution in [0.1, 0.15) is 6.92 Å².